The number of aliphatic hydroxyl groups is 1. The van der Waals surface area contributed by atoms with E-state index in [9.17, 15) is 5.11 Å². The molecular weight excluding hydrogens is 434 g/mol. The summed E-state index contributed by atoms with van der Waals surface area (Å²) in [5.74, 6) is 2.21. The summed E-state index contributed by atoms with van der Waals surface area (Å²) in [7, 11) is 1.74. The Morgan fingerprint density at radius 2 is 1.94 bits per heavy atom. The number of hydrogen-bond donors (Lipinski definition) is 1. The van der Waals surface area contributed by atoms with Crippen molar-refractivity contribution in [1.29, 1.82) is 0 Å². The highest BCUT2D eigenvalue weighted by Crippen LogP contribution is 2.64. The van der Waals surface area contributed by atoms with Gasteiger partial charge in [0.25, 0.3) is 0 Å². The zero-order valence-electron chi connectivity index (χ0n) is 21.4. The number of pyridine rings is 1. The summed E-state index contributed by atoms with van der Waals surface area (Å²) in [5, 5.41) is 14.9. The van der Waals surface area contributed by atoms with E-state index in [4.69, 9.17) is 9.47 Å². The molecule has 4 heteroatoms. The smallest absolute Gasteiger partial charge is 0.0890 e. The molecule has 6 rings (SSSR count). The van der Waals surface area contributed by atoms with Crippen molar-refractivity contribution in [2.45, 2.75) is 82.3 Å². The molecule has 0 saturated heterocycles. The number of allylic oxidation sites excluding steroid dienone is 1. The average Bonchev–Trinajstić information content (AvgIpc) is 3.16. The maximum absolute atomic E-state index is 12.4. The second-order valence-corrected chi connectivity index (χ2v) is 12.1. The quantitative estimate of drug-likeness (QED) is 0.400. The summed E-state index contributed by atoms with van der Waals surface area (Å²) in [5.41, 5.74) is 2.27. The first-order valence-corrected chi connectivity index (χ1v) is 13.9. The van der Waals surface area contributed by atoms with Gasteiger partial charge in [-0.15, -0.1) is 0 Å². The van der Waals surface area contributed by atoms with E-state index in [0.717, 1.165) is 44.9 Å². The van der Waals surface area contributed by atoms with Crippen LogP contribution >= 0.6 is 0 Å². The Balaban J connectivity index is 1.23. The zero-order valence-corrected chi connectivity index (χ0v) is 21.4. The maximum atomic E-state index is 12.4. The number of hydrogen-bond acceptors (Lipinski definition) is 4. The van der Waals surface area contributed by atoms with Crippen LogP contribution in [-0.2, 0) is 9.47 Å². The van der Waals surface area contributed by atoms with Crippen LogP contribution in [0, 0.1) is 23.2 Å². The maximum Gasteiger partial charge on any atom is 0.0890 e. The van der Waals surface area contributed by atoms with Gasteiger partial charge in [-0.05, 0) is 116 Å². The summed E-state index contributed by atoms with van der Waals surface area (Å²) in [6.07, 6.45) is 16.7. The molecule has 188 valence electrons. The van der Waals surface area contributed by atoms with Gasteiger partial charge in [0.1, 0.15) is 0 Å². The lowest BCUT2D eigenvalue weighted by atomic mass is 9.57. The number of fused-ring (bicyclic) bond motifs is 5. The van der Waals surface area contributed by atoms with Crippen molar-refractivity contribution in [2.75, 3.05) is 20.3 Å². The molecule has 0 aliphatic heterocycles. The fourth-order valence-electron chi connectivity index (χ4n) is 8.55. The lowest BCUT2D eigenvalue weighted by Crippen LogP contribution is -2.49. The summed E-state index contributed by atoms with van der Waals surface area (Å²) in [6, 6.07) is 9.03. The van der Waals surface area contributed by atoms with Gasteiger partial charge in [-0.2, -0.15) is 0 Å². The molecule has 3 saturated carbocycles. The van der Waals surface area contributed by atoms with E-state index in [1.807, 2.05) is 12.4 Å². The van der Waals surface area contributed by atoms with Crippen LogP contribution in [0.5, 0.6) is 0 Å². The molecule has 4 nitrogen and oxygen atoms in total. The first kappa shape index (κ1) is 23.6. The third-order valence-electron chi connectivity index (χ3n) is 10.4. The molecule has 3 fully saturated rings. The Morgan fingerprint density at radius 1 is 1.03 bits per heavy atom. The Bertz CT molecular complexity index is 1100. The molecule has 1 N–H and O–H groups in total. The second-order valence-electron chi connectivity index (χ2n) is 12.1. The first-order chi connectivity index (χ1) is 17.0. The molecule has 7 atom stereocenters. The molecule has 2 aromatic rings. The standard InChI is InChI=1S/C31H41NO3/c1-30-12-10-26-18-22-5-6-27(35-16-15-34-2)19-23(22)9-13-31(26,33)29(30)8-7-28(30)24-4-3-21-11-14-32-20-25(21)17-24/h3-4,10-11,14,17,20,22-23,27-29,33H,5-9,12-13,15-16,18-19H2,1-2H3/t22?,23?,27?,28?,29?,30?,31-/m1/s1. The predicted molar refractivity (Wildman–Crippen MR) is 139 cm³/mol. The molecule has 0 radical (unpaired) electrons. The number of rotatable bonds is 5. The first-order valence-electron chi connectivity index (χ1n) is 13.9. The lowest BCUT2D eigenvalue weighted by molar-refractivity contribution is -0.0514. The molecule has 0 amide bonds. The highest BCUT2D eigenvalue weighted by molar-refractivity contribution is 5.82. The zero-order chi connectivity index (χ0) is 24.0. The van der Waals surface area contributed by atoms with E-state index in [-0.39, 0.29) is 5.41 Å². The topological polar surface area (TPSA) is 51.6 Å². The van der Waals surface area contributed by atoms with E-state index >= 15 is 0 Å². The predicted octanol–water partition coefficient (Wildman–Crippen LogP) is 6.43. The van der Waals surface area contributed by atoms with Crippen molar-refractivity contribution < 1.29 is 14.6 Å². The van der Waals surface area contributed by atoms with Crippen LogP contribution in [0.2, 0.25) is 0 Å². The van der Waals surface area contributed by atoms with Crippen molar-refractivity contribution in [2.24, 2.45) is 23.2 Å². The number of ether oxygens (including phenoxy) is 2. The van der Waals surface area contributed by atoms with Crippen LogP contribution < -0.4 is 0 Å². The summed E-state index contributed by atoms with van der Waals surface area (Å²) in [4.78, 5) is 4.35. The second kappa shape index (κ2) is 9.28. The highest BCUT2D eigenvalue weighted by atomic mass is 16.5. The van der Waals surface area contributed by atoms with Crippen LogP contribution in [0.25, 0.3) is 10.8 Å². The van der Waals surface area contributed by atoms with E-state index < -0.39 is 5.60 Å². The van der Waals surface area contributed by atoms with Gasteiger partial charge in [0.05, 0.1) is 24.9 Å². The summed E-state index contributed by atoms with van der Waals surface area (Å²) < 4.78 is 11.3. The molecule has 0 spiro atoms. The molecular formula is C31H41NO3. The molecule has 4 aliphatic carbocycles. The molecule has 35 heavy (non-hydrogen) atoms. The number of aromatic nitrogens is 1. The minimum Gasteiger partial charge on any atom is -0.385 e. The third kappa shape index (κ3) is 4.06. The number of nitrogens with zero attached hydrogens (tertiary/aromatic N) is 1. The van der Waals surface area contributed by atoms with Gasteiger partial charge in [0.2, 0.25) is 0 Å². The van der Waals surface area contributed by atoms with Crippen molar-refractivity contribution in [3.05, 3.63) is 53.9 Å². The van der Waals surface area contributed by atoms with Crippen LogP contribution in [0.1, 0.15) is 76.2 Å². The molecule has 0 bridgehead atoms. The Kier molecular flexibility index (Phi) is 6.27. The van der Waals surface area contributed by atoms with Gasteiger partial charge in [-0.1, -0.05) is 25.1 Å². The van der Waals surface area contributed by atoms with Gasteiger partial charge < -0.3 is 14.6 Å². The largest absolute Gasteiger partial charge is 0.385 e. The average molecular weight is 476 g/mol. The van der Waals surface area contributed by atoms with Crippen molar-refractivity contribution >= 4 is 10.8 Å². The number of methoxy groups -OCH3 is 1. The van der Waals surface area contributed by atoms with Crippen LogP contribution in [0.4, 0.5) is 0 Å². The van der Waals surface area contributed by atoms with E-state index in [1.165, 1.54) is 34.8 Å². The monoisotopic (exact) mass is 475 g/mol. The van der Waals surface area contributed by atoms with E-state index in [1.54, 1.807) is 7.11 Å². The van der Waals surface area contributed by atoms with Crippen molar-refractivity contribution in [3.8, 4) is 0 Å². The molecule has 1 aromatic heterocycles. The Morgan fingerprint density at radius 3 is 2.83 bits per heavy atom. The summed E-state index contributed by atoms with van der Waals surface area (Å²) >= 11 is 0. The van der Waals surface area contributed by atoms with E-state index in [2.05, 4.69) is 42.2 Å². The molecule has 1 aromatic carbocycles. The number of benzene rings is 1. The van der Waals surface area contributed by atoms with Crippen LogP contribution in [0.3, 0.4) is 0 Å². The third-order valence-corrected chi connectivity index (χ3v) is 10.4. The normalized spacial score (nSPS) is 38.8. The molecule has 1 heterocycles. The van der Waals surface area contributed by atoms with Crippen LogP contribution in [0.15, 0.2) is 48.3 Å². The van der Waals surface area contributed by atoms with Crippen molar-refractivity contribution in [3.63, 3.8) is 0 Å². The Hall–Kier alpha value is -1.75. The fourth-order valence-corrected chi connectivity index (χ4v) is 8.55. The van der Waals surface area contributed by atoms with Gasteiger partial charge in [-0.3, -0.25) is 4.98 Å². The van der Waals surface area contributed by atoms with Crippen molar-refractivity contribution in [1.82, 2.24) is 4.98 Å². The minimum atomic E-state index is -0.635. The van der Waals surface area contributed by atoms with Crippen LogP contribution in [-0.4, -0.2) is 42.1 Å². The molecule has 6 unspecified atom stereocenters. The van der Waals surface area contributed by atoms with Gasteiger partial charge in [0, 0.05) is 24.9 Å². The SMILES string of the molecule is COCCOC1CCC2CC3=CCC4(C)C(c5ccc6ccncc6c5)CCC4[C@@]3(O)CCC2C1. The lowest BCUT2D eigenvalue weighted by Gasteiger charge is -2.50. The fraction of sp³-hybridized carbons (Fsp3) is 0.645. The van der Waals surface area contributed by atoms with Gasteiger partial charge >= 0.3 is 0 Å². The minimum absolute atomic E-state index is 0.107. The molecule has 4 aliphatic rings. The highest BCUT2D eigenvalue weighted by Gasteiger charge is 2.59. The van der Waals surface area contributed by atoms with Gasteiger partial charge in [-0.25, -0.2) is 0 Å². The van der Waals surface area contributed by atoms with Gasteiger partial charge in [0.15, 0.2) is 0 Å². The summed E-state index contributed by atoms with van der Waals surface area (Å²) in [6.45, 7) is 3.83. The Labute approximate surface area is 210 Å². The van der Waals surface area contributed by atoms with E-state index in [0.29, 0.717) is 43.0 Å².